The van der Waals surface area contributed by atoms with Crippen LogP contribution in [0.3, 0.4) is 0 Å². The van der Waals surface area contributed by atoms with Gasteiger partial charge in [0.15, 0.2) is 11.5 Å². The van der Waals surface area contributed by atoms with Crippen LogP contribution in [0.2, 0.25) is 0 Å². The maximum Gasteiger partial charge on any atom is 0.231 e. The summed E-state index contributed by atoms with van der Waals surface area (Å²) in [6, 6.07) is 4.57. The second-order valence-electron chi connectivity index (χ2n) is 3.79. The van der Waals surface area contributed by atoms with Crippen molar-refractivity contribution in [2.75, 3.05) is 13.3 Å². The van der Waals surface area contributed by atoms with E-state index in [1.54, 1.807) is 0 Å². The van der Waals surface area contributed by atoms with E-state index in [0.29, 0.717) is 12.8 Å². The Morgan fingerprint density at radius 3 is 3.21 bits per heavy atom. The zero-order chi connectivity index (χ0) is 9.54. The first-order chi connectivity index (χ1) is 6.86. The summed E-state index contributed by atoms with van der Waals surface area (Å²) in [6.07, 6.45) is 1.03. The van der Waals surface area contributed by atoms with E-state index in [2.05, 4.69) is 18.3 Å². The Balaban J connectivity index is 2.17. The lowest BCUT2D eigenvalue weighted by Crippen LogP contribution is -2.27. The lowest BCUT2D eigenvalue weighted by atomic mass is 9.94. The van der Waals surface area contributed by atoms with Gasteiger partial charge in [0, 0.05) is 11.6 Å². The molecule has 3 rings (SSSR count). The standard InChI is InChI=1S/C11H13NO2/c1-7-8-2-3-10-11(14-6-13-10)9(8)4-5-12-7/h2-3,7,12H,4-6H2,1H3. The van der Waals surface area contributed by atoms with Crippen molar-refractivity contribution in [2.24, 2.45) is 0 Å². The molecule has 0 bridgehead atoms. The van der Waals surface area contributed by atoms with Gasteiger partial charge in [-0.15, -0.1) is 0 Å². The van der Waals surface area contributed by atoms with Crippen LogP contribution in [0.15, 0.2) is 12.1 Å². The monoisotopic (exact) mass is 191 g/mol. The minimum Gasteiger partial charge on any atom is -0.454 e. The average Bonchev–Trinajstić information content (AvgIpc) is 2.66. The molecule has 0 radical (unpaired) electrons. The largest absolute Gasteiger partial charge is 0.454 e. The molecule has 3 heteroatoms. The third kappa shape index (κ3) is 1.02. The Labute approximate surface area is 83.0 Å². The highest BCUT2D eigenvalue weighted by atomic mass is 16.7. The van der Waals surface area contributed by atoms with Crippen LogP contribution in [0, 0.1) is 0 Å². The smallest absolute Gasteiger partial charge is 0.231 e. The van der Waals surface area contributed by atoms with Gasteiger partial charge >= 0.3 is 0 Å². The molecule has 1 unspecified atom stereocenters. The molecular weight excluding hydrogens is 178 g/mol. The molecule has 2 aliphatic heterocycles. The van der Waals surface area contributed by atoms with E-state index in [-0.39, 0.29) is 0 Å². The van der Waals surface area contributed by atoms with Gasteiger partial charge in [0.1, 0.15) is 0 Å². The van der Waals surface area contributed by atoms with Crippen molar-refractivity contribution in [3.05, 3.63) is 23.3 Å². The molecule has 0 spiro atoms. The molecule has 0 fully saturated rings. The summed E-state index contributed by atoms with van der Waals surface area (Å²) in [5.41, 5.74) is 2.67. The number of benzene rings is 1. The van der Waals surface area contributed by atoms with Crippen LogP contribution >= 0.6 is 0 Å². The molecule has 74 valence electrons. The van der Waals surface area contributed by atoms with E-state index in [1.165, 1.54) is 11.1 Å². The van der Waals surface area contributed by atoms with E-state index in [1.807, 2.05) is 6.07 Å². The molecule has 0 saturated carbocycles. The van der Waals surface area contributed by atoms with Gasteiger partial charge in [-0.05, 0) is 31.5 Å². The van der Waals surface area contributed by atoms with E-state index < -0.39 is 0 Å². The highest BCUT2D eigenvalue weighted by Crippen LogP contribution is 2.40. The van der Waals surface area contributed by atoms with Gasteiger partial charge in [0.2, 0.25) is 6.79 Å². The summed E-state index contributed by atoms with van der Waals surface area (Å²) in [7, 11) is 0. The van der Waals surface area contributed by atoms with Gasteiger partial charge in [-0.1, -0.05) is 6.07 Å². The normalized spacial score (nSPS) is 23.4. The maximum absolute atomic E-state index is 5.50. The fourth-order valence-electron chi connectivity index (χ4n) is 2.23. The lowest BCUT2D eigenvalue weighted by molar-refractivity contribution is 0.173. The first kappa shape index (κ1) is 8.12. The molecule has 0 aliphatic carbocycles. The SMILES string of the molecule is CC1NCCc2c1ccc1c2OCO1. The van der Waals surface area contributed by atoms with Gasteiger partial charge in [0.25, 0.3) is 0 Å². The zero-order valence-corrected chi connectivity index (χ0v) is 8.17. The van der Waals surface area contributed by atoms with Crippen molar-refractivity contribution in [1.29, 1.82) is 0 Å². The molecule has 2 aliphatic rings. The van der Waals surface area contributed by atoms with Gasteiger partial charge in [-0.3, -0.25) is 0 Å². The topological polar surface area (TPSA) is 30.5 Å². The molecule has 3 nitrogen and oxygen atoms in total. The van der Waals surface area contributed by atoms with E-state index in [4.69, 9.17) is 9.47 Å². The molecule has 14 heavy (non-hydrogen) atoms. The van der Waals surface area contributed by atoms with Gasteiger partial charge in [0.05, 0.1) is 0 Å². The minimum absolute atomic E-state index is 0.369. The van der Waals surface area contributed by atoms with Crippen LogP contribution < -0.4 is 14.8 Å². The summed E-state index contributed by atoms with van der Waals surface area (Å²) in [5, 5.41) is 3.43. The highest BCUT2D eigenvalue weighted by molar-refractivity contribution is 5.53. The van der Waals surface area contributed by atoms with Gasteiger partial charge in [-0.25, -0.2) is 0 Å². The summed E-state index contributed by atoms with van der Waals surface area (Å²) in [6.45, 7) is 3.57. The molecule has 0 amide bonds. The van der Waals surface area contributed by atoms with E-state index in [0.717, 1.165) is 24.5 Å². The van der Waals surface area contributed by atoms with Crippen molar-refractivity contribution >= 4 is 0 Å². The van der Waals surface area contributed by atoms with Crippen LogP contribution in [-0.4, -0.2) is 13.3 Å². The predicted molar refractivity (Wildman–Crippen MR) is 52.7 cm³/mol. The molecule has 1 aromatic rings. The quantitative estimate of drug-likeness (QED) is 0.676. The lowest BCUT2D eigenvalue weighted by Gasteiger charge is -2.24. The summed E-state index contributed by atoms with van der Waals surface area (Å²) < 4.78 is 10.9. The van der Waals surface area contributed by atoms with Gasteiger partial charge < -0.3 is 14.8 Å². The molecule has 1 aromatic carbocycles. The second-order valence-corrected chi connectivity index (χ2v) is 3.79. The van der Waals surface area contributed by atoms with Crippen molar-refractivity contribution in [2.45, 2.75) is 19.4 Å². The maximum atomic E-state index is 5.50. The predicted octanol–water partition coefficient (Wildman–Crippen LogP) is 1.62. The Morgan fingerprint density at radius 2 is 2.29 bits per heavy atom. The van der Waals surface area contributed by atoms with Crippen LogP contribution in [0.5, 0.6) is 11.5 Å². The number of rotatable bonds is 0. The Kier molecular flexibility index (Phi) is 1.67. The second kappa shape index (κ2) is 2.89. The fourth-order valence-corrected chi connectivity index (χ4v) is 2.23. The third-order valence-electron chi connectivity index (χ3n) is 2.97. The molecule has 0 saturated heterocycles. The number of hydrogen-bond donors (Lipinski definition) is 1. The van der Waals surface area contributed by atoms with Crippen LogP contribution in [0.4, 0.5) is 0 Å². The van der Waals surface area contributed by atoms with Crippen molar-refractivity contribution in [3.8, 4) is 11.5 Å². The Morgan fingerprint density at radius 1 is 1.36 bits per heavy atom. The number of fused-ring (bicyclic) bond motifs is 3. The zero-order valence-electron chi connectivity index (χ0n) is 8.17. The highest BCUT2D eigenvalue weighted by Gasteiger charge is 2.25. The summed E-state index contributed by atoms with van der Waals surface area (Å²) in [5.74, 6) is 1.87. The Bertz CT molecular complexity index is 376. The first-order valence-corrected chi connectivity index (χ1v) is 5.01. The van der Waals surface area contributed by atoms with Gasteiger partial charge in [-0.2, -0.15) is 0 Å². The van der Waals surface area contributed by atoms with Crippen molar-refractivity contribution in [3.63, 3.8) is 0 Å². The molecule has 1 atom stereocenters. The van der Waals surface area contributed by atoms with E-state index >= 15 is 0 Å². The summed E-state index contributed by atoms with van der Waals surface area (Å²) >= 11 is 0. The third-order valence-corrected chi connectivity index (χ3v) is 2.97. The molecule has 2 heterocycles. The fraction of sp³-hybridized carbons (Fsp3) is 0.455. The van der Waals surface area contributed by atoms with E-state index in [9.17, 15) is 0 Å². The molecular formula is C11H13NO2. The number of nitrogens with one attached hydrogen (secondary N) is 1. The Hall–Kier alpha value is -1.22. The minimum atomic E-state index is 0.369. The average molecular weight is 191 g/mol. The summed E-state index contributed by atoms with van der Waals surface area (Å²) in [4.78, 5) is 0. The van der Waals surface area contributed by atoms with Crippen LogP contribution in [0.25, 0.3) is 0 Å². The van der Waals surface area contributed by atoms with Crippen LogP contribution in [0.1, 0.15) is 24.1 Å². The van der Waals surface area contributed by atoms with Crippen molar-refractivity contribution in [1.82, 2.24) is 5.32 Å². The molecule has 0 aromatic heterocycles. The van der Waals surface area contributed by atoms with Crippen LogP contribution in [-0.2, 0) is 6.42 Å². The number of hydrogen-bond acceptors (Lipinski definition) is 3. The number of ether oxygens (including phenoxy) is 2. The molecule has 1 N–H and O–H groups in total. The van der Waals surface area contributed by atoms with Crippen molar-refractivity contribution < 1.29 is 9.47 Å². The first-order valence-electron chi connectivity index (χ1n) is 5.01.